The molecule has 0 heterocycles. The third-order valence-corrected chi connectivity index (χ3v) is 0.809. The zero-order valence-electron chi connectivity index (χ0n) is 6.18. The molecule has 0 aliphatic rings. The first kappa shape index (κ1) is 16.2. The Balaban J connectivity index is -0.000000180. The SMILES string of the molecule is CNCCN(C)C.Cl.Cl. The van der Waals surface area contributed by atoms with Crippen LogP contribution in [0.25, 0.3) is 0 Å². The fraction of sp³-hybridized carbons (Fsp3) is 1.00. The Labute approximate surface area is 69.8 Å². The van der Waals surface area contributed by atoms with Crippen LogP contribution in [0.5, 0.6) is 0 Å². The number of halogens is 2. The van der Waals surface area contributed by atoms with E-state index < -0.39 is 0 Å². The molecular weight excluding hydrogens is 159 g/mol. The van der Waals surface area contributed by atoms with Crippen LogP contribution < -0.4 is 5.32 Å². The van der Waals surface area contributed by atoms with Gasteiger partial charge in [0, 0.05) is 13.1 Å². The highest BCUT2D eigenvalue weighted by molar-refractivity contribution is 5.85. The Morgan fingerprint density at radius 3 is 1.78 bits per heavy atom. The number of nitrogens with one attached hydrogen (secondary N) is 1. The second-order valence-corrected chi connectivity index (χ2v) is 1.91. The largest absolute Gasteiger partial charge is 0.318 e. The highest BCUT2D eigenvalue weighted by Crippen LogP contribution is 1.66. The number of likely N-dealkylation sites (N-methyl/N-ethyl adjacent to an activating group) is 2. The molecule has 0 aliphatic heterocycles. The topological polar surface area (TPSA) is 15.3 Å². The minimum atomic E-state index is 0. The van der Waals surface area contributed by atoms with Crippen LogP contribution in [0.2, 0.25) is 0 Å². The van der Waals surface area contributed by atoms with E-state index in [1.165, 1.54) is 0 Å². The van der Waals surface area contributed by atoms with Gasteiger partial charge >= 0.3 is 0 Å². The molecule has 60 valence electrons. The molecular formula is C5H16Cl2N2. The van der Waals surface area contributed by atoms with Gasteiger partial charge in [-0.15, -0.1) is 24.8 Å². The van der Waals surface area contributed by atoms with Crippen LogP contribution in [-0.2, 0) is 0 Å². The van der Waals surface area contributed by atoms with Crippen molar-refractivity contribution in [3.8, 4) is 0 Å². The molecule has 0 unspecified atom stereocenters. The molecule has 0 atom stereocenters. The minimum Gasteiger partial charge on any atom is -0.318 e. The minimum absolute atomic E-state index is 0. The van der Waals surface area contributed by atoms with Gasteiger partial charge in [0.15, 0.2) is 0 Å². The summed E-state index contributed by atoms with van der Waals surface area (Å²) >= 11 is 0. The molecule has 0 spiro atoms. The molecule has 2 nitrogen and oxygen atoms in total. The Morgan fingerprint density at radius 1 is 1.22 bits per heavy atom. The predicted molar refractivity (Wildman–Crippen MR) is 47.0 cm³/mol. The van der Waals surface area contributed by atoms with Gasteiger partial charge < -0.3 is 10.2 Å². The zero-order valence-corrected chi connectivity index (χ0v) is 7.81. The van der Waals surface area contributed by atoms with Crippen LogP contribution >= 0.6 is 24.8 Å². The van der Waals surface area contributed by atoms with Crippen LogP contribution in [-0.4, -0.2) is 39.1 Å². The molecule has 1 N–H and O–H groups in total. The standard InChI is InChI=1S/C5H14N2.2ClH/c1-6-4-5-7(2)3;;/h6H,4-5H2,1-3H3;2*1H. The fourth-order valence-corrected chi connectivity index (χ4v) is 0.335. The van der Waals surface area contributed by atoms with Crippen molar-refractivity contribution < 1.29 is 0 Å². The molecule has 0 aliphatic carbocycles. The van der Waals surface area contributed by atoms with Gasteiger partial charge in [0.05, 0.1) is 0 Å². The van der Waals surface area contributed by atoms with Gasteiger partial charge in [-0.1, -0.05) is 0 Å². The van der Waals surface area contributed by atoms with E-state index in [4.69, 9.17) is 0 Å². The quantitative estimate of drug-likeness (QED) is 0.676. The first-order valence-electron chi connectivity index (χ1n) is 2.56. The summed E-state index contributed by atoms with van der Waals surface area (Å²) in [7, 11) is 6.10. The average molecular weight is 175 g/mol. The smallest absolute Gasteiger partial charge is 0.0101 e. The summed E-state index contributed by atoms with van der Waals surface area (Å²) in [6.45, 7) is 2.20. The molecule has 0 saturated heterocycles. The molecule has 0 aromatic carbocycles. The monoisotopic (exact) mass is 174 g/mol. The van der Waals surface area contributed by atoms with Gasteiger partial charge in [-0.2, -0.15) is 0 Å². The van der Waals surface area contributed by atoms with Crippen molar-refractivity contribution in [3.05, 3.63) is 0 Å². The molecule has 0 aromatic heterocycles. The summed E-state index contributed by atoms with van der Waals surface area (Å²) < 4.78 is 0. The average Bonchev–Trinajstić information content (AvgIpc) is 1.61. The van der Waals surface area contributed by atoms with Crippen LogP contribution in [0.1, 0.15) is 0 Å². The van der Waals surface area contributed by atoms with Crippen LogP contribution in [0.15, 0.2) is 0 Å². The fourth-order valence-electron chi connectivity index (χ4n) is 0.335. The maximum Gasteiger partial charge on any atom is 0.0101 e. The number of rotatable bonds is 3. The van der Waals surface area contributed by atoms with Gasteiger partial charge in [0.2, 0.25) is 0 Å². The van der Waals surface area contributed by atoms with Crippen molar-refractivity contribution in [2.45, 2.75) is 0 Å². The molecule has 0 aromatic rings. The maximum absolute atomic E-state index is 3.06. The lowest BCUT2D eigenvalue weighted by Gasteiger charge is -2.06. The summed E-state index contributed by atoms with van der Waals surface area (Å²) in [4.78, 5) is 2.15. The van der Waals surface area contributed by atoms with E-state index in [-0.39, 0.29) is 24.8 Å². The second-order valence-electron chi connectivity index (χ2n) is 1.91. The third-order valence-electron chi connectivity index (χ3n) is 0.809. The van der Waals surface area contributed by atoms with E-state index in [1.54, 1.807) is 0 Å². The predicted octanol–water partition coefficient (Wildman–Crippen LogP) is 0.611. The summed E-state index contributed by atoms with van der Waals surface area (Å²) in [6.07, 6.45) is 0. The first-order valence-corrected chi connectivity index (χ1v) is 2.56. The third kappa shape index (κ3) is 17.7. The van der Waals surface area contributed by atoms with Crippen LogP contribution in [0.3, 0.4) is 0 Å². The van der Waals surface area contributed by atoms with E-state index in [0.717, 1.165) is 13.1 Å². The summed E-state index contributed by atoms with van der Waals surface area (Å²) in [6, 6.07) is 0. The van der Waals surface area contributed by atoms with E-state index >= 15 is 0 Å². The van der Waals surface area contributed by atoms with Crippen molar-refractivity contribution in [1.82, 2.24) is 10.2 Å². The van der Waals surface area contributed by atoms with E-state index in [9.17, 15) is 0 Å². The summed E-state index contributed by atoms with van der Waals surface area (Å²) in [5.41, 5.74) is 0. The Bertz CT molecular complexity index is 41.9. The Hall–Kier alpha value is 0.500. The lowest BCUT2D eigenvalue weighted by atomic mass is 10.6. The van der Waals surface area contributed by atoms with E-state index in [1.807, 2.05) is 7.05 Å². The van der Waals surface area contributed by atoms with Crippen LogP contribution in [0.4, 0.5) is 0 Å². The molecule has 9 heavy (non-hydrogen) atoms. The molecule has 0 rings (SSSR count). The highest BCUT2D eigenvalue weighted by Gasteiger charge is 1.82. The number of nitrogens with zero attached hydrogens (tertiary/aromatic N) is 1. The van der Waals surface area contributed by atoms with E-state index in [2.05, 4.69) is 24.3 Å². The van der Waals surface area contributed by atoms with Crippen molar-refractivity contribution in [3.63, 3.8) is 0 Å². The lowest BCUT2D eigenvalue weighted by Crippen LogP contribution is -2.23. The van der Waals surface area contributed by atoms with Gasteiger partial charge in [0.1, 0.15) is 0 Å². The van der Waals surface area contributed by atoms with Gasteiger partial charge in [-0.3, -0.25) is 0 Å². The molecule has 0 bridgehead atoms. The van der Waals surface area contributed by atoms with Crippen molar-refractivity contribution >= 4 is 24.8 Å². The number of hydrogen-bond donors (Lipinski definition) is 1. The maximum atomic E-state index is 3.06. The molecule has 4 heteroatoms. The molecule has 0 radical (unpaired) electrons. The van der Waals surface area contributed by atoms with Gasteiger partial charge in [-0.25, -0.2) is 0 Å². The number of hydrogen-bond acceptors (Lipinski definition) is 2. The molecule has 0 saturated carbocycles. The van der Waals surface area contributed by atoms with Crippen molar-refractivity contribution in [2.24, 2.45) is 0 Å². The van der Waals surface area contributed by atoms with Crippen LogP contribution in [0, 0.1) is 0 Å². The van der Waals surface area contributed by atoms with Gasteiger partial charge in [0.25, 0.3) is 0 Å². The second kappa shape index (κ2) is 11.3. The van der Waals surface area contributed by atoms with Crippen molar-refractivity contribution in [1.29, 1.82) is 0 Å². The first-order chi connectivity index (χ1) is 3.27. The Morgan fingerprint density at radius 2 is 1.67 bits per heavy atom. The Kier molecular flexibility index (Phi) is 20.4. The molecule has 0 amide bonds. The summed E-state index contributed by atoms with van der Waals surface area (Å²) in [5, 5.41) is 3.06. The van der Waals surface area contributed by atoms with Gasteiger partial charge in [-0.05, 0) is 21.1 Å². The zero-order chi connectivity index (χ0) is 5.70. The summed E-state index contributed by atoms with van der Waals surface area (Å²) in [5.74, 6) is 0. The lowest BCUT2D eigenvalue weighted by molar-refractivity contribution is 0.407. The normalized spacial score (nSPS) is 8.00. The highest BCUT2D eigenvalue weighted by atomic mass is 35.5. The van der Waals surface area contributed by atoms with Crippen molar-refractivity contribution in [2.75, 3.05) is 34.2 Å². The van der Waals surface area contributed by atoms with E-state index in [0.29, 0.717) is 0 Å². The molecule has 0 fully saturated rings.